The van der Waals surface area contributed by atoms with Gasteiger partial charge in [0.25, 0.3) is 0 Å². The van der Waals surface area contributed by atoms with Crippen molar-refractivity contribution in [2.75, 3.05) is 5.32 Å². The summed E-state index contributed by atoms with van der Waals surface area (Å²) in [5.74, 6) is -2.13. The molecule has 1 rings (SSSR count). The van der Waals surface area contributed by atoms with Crippen LogP contribution in [0.5, 0.6) is 0 Å². The van der Waals surface area contributed by atoms with E-state index in [1.54, 1.807) is 26.0 Å². The quantitative estimate of drug-likeness (QED) is 0.773. The fraction of sp³-hybridized carbons (Fsp3) is 0.357. The summed E-state index contributed by atoms with van der Waals surface area (Å²) in [5, 5.41) is 12.7. The summed E-state index contributed by atoms with van der Waals surface area (Å²) < 4.78 is 5.02. The normalized spacial score (nSPS) is 10.2. The highest BCUT2D eigenvalue weighted by molar-refractivity contribution is 5.94. The Morgan fingerprint density at radius 3 is 2.25 bits per heavy atom. The third-order valence-electron chi connectivity index (χ3n) is 2.30. The highest BCUT2D eigenvalue weighted by Crippen LogP contribution is 2.12. The molecule has 1 amide bonds. The van der Waals surface area contributed by atoms with E-state index >= 15 is 0 Å². The second-order valence-corrected chi connectivity index (χ2v) is 4.45. The number of carboxylic acids is 1. The van der Waals surface area contributed by atoms with Crippen LogP contribution in [0.15, 0.2) is 24.3 Å². The Kier molecular flexibility index (Phi) is 5.71. The summed E-state index contributed by atoms with van der Waals surface area (Å²) in [6.45, 7) is 3.51. The van der Waals surface area contributed by atoms with E-state index in [1.165, 1.54) is 12.1 Å². The molecule has 1 aromatic carbocycles. The summed E-state index contributed by atoms with van der Waals surface area (Å²) >= 11 is 0. The van der Waals surface area contributed by atoms with E-state index in [4.69, 9.17) is 4.74 Å². The number of aliphatic carboxylic acids is 1. The van der Waals surface area contributed by atoms with Gasteiger partial charge in [-0.1, -0.05) is 0 Å². The SMILES string of the molecule is CC(C)OC(=O)c1ccc(NC(=O)CCC(=O)[O-])cc1. The van der Waals surface area contributed by atoms with Crippen LogP contribution in [-0.2, 0) is 14.3 Å². The molecule has 0 aliphatic heterocycles. The molecule has 0 fully saturated rings. The minimum Gasteiger partial charge on any atom is -0.550 e. The molecule has 0 aliphatic rings. The molecule has 0 saturated carbocycles. The first-order valence-electron chi connectivity index (χ1n) is 6.19. The van der Waals surface area contributed by atoms with Crippen LogP contribution in [-0.4, -0.2) is 23.9 Å². The Hall–Kier alpha value is -2.37. The third-order valence-corrected chi connectivity index (χ3v) is 2.30. The number of hydrogen-bond donors (Lipinski definition) is 1. The first-order valence-corrected chi connectivity index (χ1v) is 6.19. The van der Waals surface area contributed by atoms with Crippen molar-refractivity contribution in [3.63, 3.8) is 0 Å². The summed E-state index contributed by atoms with van der Waals surface area (Å²) in [6.07, 6.45) is -0.684. The summed E-state index contributed by atoms with van der Waals surface area (Å²) in [5.41, 5.74) is 0.862. The van der Waals surface area contributed by atoms with Gasteiger partial charge in [-0.05, 0) is 44.5 Å². The van der Waals surface area contributed by atoms with Crippen molar-refractivity contribution in [1.82, 2.24) is 0 Å². The Labute approximate surface area is 116 Å². The Morgan fingerprint density at radius 1 is 1.15 bits per heavy atom. The number of esters is 1. The van der Waals surface area contributed by atoms with Gasteiger partial charge in [-0.15, -0.1) is 0 Å². The Bertz CT molecular complexity index is 493. The standard InChI is InChI=1S/C14H17NO5/c1-9(2)20-14(19)10-3-5-11(6-4-10)15-12(16)7-8-13(17)18/h3-6,9H,7-8H2,1-2H3,(H,15,16)(H,17,18)/p-1. The lowest BCUT2D eigenvalue weighted by molar-refractivity contribution is -0.305. The maximum Gasteiger partial charge on any atom is 0.338 e. The number of carbonyl (C=O) groups is 3. The van der Waals surface area contributed by atoms with Gasteiger partial charge >= 0.3 is 5.97 Å². The molecule has 6 nitrogen and oxygen atoms in total. The number of nitrogens with one attached hydrogen (secondary N) is 1. The first-order chi connectivity index (χ1) is 9.38. The number of carbonyl (C=O) groups excluding carboxylic acids is 3. The largest absolute Gasteiger partial charge is 0.550 e. The molecule has 0 atom stereocenters. The molecule has 0 radical (unpaired) electrons. The minimum atomic E-state index is -1.27. The maximum absolute atomic E-state index is 11.6. The fourth-order valence-electron chi connectivity index (χ4n) is 1.41. The predicted octanol–water partition coefficient (Wildman–Crippen LogP) is 0.720. The zero-order valence-electron chi connectivity index (χ0n) is 11.3. The van der Waals surface area contributed by atoms with Crippen LogP contribution in [0.25, 0.3) is 0 Å². The average molecular weight is 278 g/mol. The van der Waals surface area contributed by atoms with Crippen molar-refractivity contribution in [3.05, 3.63) is 29.8 Å². The topological polar surface area (TPSA) is 95.5 Å². The highest BCUT2D eigenvalue weighted by Gasteiger charge is 2.09. The minimum absolute atomic E-state index is 0.153. The number of anilines is 1. The molecule has 20 heavy (non-hydrogen) atoms. The van der Waals surface area contributed by atoms with Gasteiger partial charge in [0, 0.05) is 18.1 Å². The number of benzene rings is 1. The van der Waals surface area contributed by atoms with Crippen molar-refractivity contribution < 1.29 is 24.2 Å². The van der Waals surface area contributed by atoms with Crippen molar-refractivity contribution in [2.45, 2.75) is 32.8 Å². The first kappa shape index (κ1) is 15.7. The average Bonchev–Trinajstić information content (AvgIpc) is 2.36. The van der Waals surface area contributed by atoms with Crippen LogP contribution in [0.2, 0.25) is 0 Å². The second-order valence-electron chi connectivity index (χ2n) is 4.45. The molecule has 0 aliphatic carbocycles. The van der Waals surface area contributed by atoms with Crippen LogP contribution in [0.1, 0.15) is 37.0 Å². The lowest BCUT2D eigenvalue weighted by Crippen LogP contribution is -2.24. The number of ether oxygens (including phenoxy) is 1. The zero-order valence-corrected chi connectivity index (χ0v) is 11.3. The van der Waals surface area contributed by atoms with Gasteiger partial charge in [-0.3, -0.25) is 4.79 Å². The zero-order chi connectivity index (χ0) is 15.1. The fourth-order valence-corrected chi connectivity index (χ4v) is 1.41. The van der Waals surface area contributed by atoms with Gasteiger partial charge in [-0.25, -0.2) is 4.79 Å². The van der Waals surface area contributed by atoms with Crippen LogP contribution in [0, 0.1) is 0 Å². The number of hydrogen-bond acceptors (Lipinski definition) is 5. The number of amides is 1. The lowest BCUT2D eigenvalue weighted by Gasteiger charge is -2.09. The summed E-state index contributed by atoms with van der Waals surface area (Å²) in [6, 6.07) is 6.15. The van der Waals surface area contributed by atoms with Gasteiger partial charge in [0.1, 0.15) is 0 Å². The van der Waals surface area contributed by atoms with Crippen molar-refractivity contribution in [3.8, 4) is 0 Å². The molecule has 6 heteroatoms. The molecule has 0 spiro atoms. The second kappa shape index (κ2) is 7.28. The molecule has 0 unspecified atom stereocenters. The molecular weight excluding hydrogens is 262 g/mol. The predicted molar refractivity (Wildman–Crippen MR) is 69.9 cm³/mol. The number of rotatable bonds is 6. The van der Waals surface area contributed by atoms with Gasteiger partial charge in [0.2, 0.25) is 5.91 Å². The summed E-state index contributed by atoms with van der Waals surface area (Å²) in [4.78, 5) is 33.2. The highest BCUT2D eigenvalue weighted by atomic mass is 16.5. The van der Waals surface area contributed by atoms with Gasteiger partial charge in [-0.2, -0.15) is 0 Å². The van der Waals surface area contributed by atoms with E-state index in [2.05, 4.69) is 5.32 Å². The Balaban J connectivity index is 2.56. The van der Waals surface area contributed by atoms with Crippen molar-refractivity contribution >= 4 is 23.5 Å². The van der Waals surface area contributed by atoms with E-state index in [-0.39, 0.29) is 18.9 Å². The van der Waals surface area contributed by atoms with Crippen molar-refractivity contribution in [1.29, 1.82) is 0 Å². The molecular formula is C14H16NO5-. The van der Waals surface area contributed by atoms with Crippen LogP contribution in [0.4, 0.5) is 5.69 Å². The molecule has 0 saturated heterocycles. The summed E-state index contributed by atoms with van der Waals surface area (Å²) in [7, 11) is 0. The molecule has 108 valence electrons. The van der Waals surface area contributed by atoms with Gasteiger partial charge in [0.05, 0.1) is 11.7 Å². The maximum atomic E-state index is 11.6. The van der Waals surface area contributed by atoms with Crippen LogP contribution >= 0.6 is 0 Å². The van der Waals surface area contributed by atoms with Gasteiger partial charge in [0.15, 0.2) is 0 Å². The van der Waals surface area contributed by atoms with Crippen LogP contribution in [0.3, 0.4) is 0 Å². The van der Waals surface area contributed by atoms with E-state index in [0.29, 0.717) is 11.3 Å². The van der Waals surface area contributed by atoms with E-state index in [0.717, 1.165) is 0 Å². The molecule has 1 aromatic rings. The van der Waals surface area contributed by atoms with Crippen LogP contribution < -0.4 is 10.4 Å². The smallest absolute Gasteiger partial charge is 0.338 e. The van der Waals surface area contributed by atoms with E-state index in [9.17, 15) is 19.5 Å². The number of carboxylic acid groups (broad SMARTS) is 1. The van der Waals surface area contributed by atoms with Gasteiger partial charge < -0.3 is 20.0 Å². The van der Waals surface area contributed by atoms with Crippen molar-refractivity contribution in [2.24, 2.45) is 0 Å². The molecule has 1 N–H and O–H groups in total. The lowest BCUT2D eigenvalue weighted by atomic mass is 10.2. The molecule has 0 aromatic heterocycles. The third kappa shape index (κ3) is 5.51. The monoisotopic (exact) mass is 278 g/mol. The Morgan fingerprint density at radius 2 is 1.75 bits per heavy atom. The van der Waals surface area contributed by atoms with E-state index < -0.39 is 17.8 Å². The molecule has 0 heterocycles. The van der Waals surface area contributed by atoms with E-state index in [1.807, 2.05) is 0 Å². The molecule has 0 bridgehead atoms.